The van der Waals surface area contributed by atoms with E-state index in [-0.39, 0.29) is 0 Å². The normalized spacial score (nSPS) is 15.9. The first-order valence-electron chi connectivity index (χ1n) is 7.66. The fraction of sp³-hybridized carbons (Fsp3) is 0.444. The molecule has 0 spiro atoms. The lowest BCUT2D eigenvalue weighted by Crippen LogP contribution is -1.98. The number of benzene rings is 1. The highest BCUT2D eigenvalue weighted by Gasteiger charge is 2.18. The molecular formula is C18H22OS. The molecule has 1 N–H and O–H groups in total. The minimum absolute atomic E-state index is 0.456. The van der Waals surface area contributed by atoms with Gasteiger partial charge in [0.05, 0.1) is 0 Å². The van der Waals surface area contributed by atoms with Crippen LogP contribution < -0.4 is 0 Å². The summed E-state index contributed by atoms with van der Waals surface area (Å²) in [5.41, 5.74) is 3.83. The molecule has 2 heteroatoms. The fourth-order valence-corrected chi connectivity index (χ4v) is 4.29. The minimum Gasteiger partial charge on any atom is -0.383 e. The zero-order chi connectivity index (χ0) is 13.9. The average molecular weight is 286 g/mol. The summed E-state index contributed by atoms with van der Waals surface area (Å²) in [6, 6.07) is 10.7. The highest BCUT2D eigenvalue weighted by atomic mass is 32.1. The molecule has 20 heavy (non-hydrogen) atoms. The van der Waals surface area contributed by atoms with Gasteiger partial charge in [-0.3, -0.25) is 0 Å². The van der Waals surface area contributed by atoms with Gasteiger partial charge in [0.25, 0.3) is 0 Å². The van der Waals surface area contributed by atoms with Crippen LogP contribution in [0.3, 0.4) is 0 Å². The second-order valence-corrected chi connectivity index (χ2v) is 6.87. The second-order valence-electron chi connectivity index (χ2n) is 5.70. The Morgan fingerprint density at radius 3 is 2.85 bits per heavy atom. The van der Waals surface area contributed by atoms with E-state index in [1.165, 1.54) is 41.7 Å². The van der Waals surface area contributed by atoms with E-state index in [1.807, 2.05) is 17.4 Å². The van der Waals surface area contributed by atoms with E-state index < -0.39 is 6.10 Å². The van der Waals surface area contributed by atoms with E-state index in [9.17, 15) is 5.11 Å². The Morgan fingerprint density at radius 2 is 2.05 bits per heavy atom. The fourth-order valence-electron chi connectivity index (χ4n) is 3.02. The van der Waals surface area contributed by atoms with Gasteiger partial charge in [0.2, 0.25) is 0 Å². The van der Waals surface area contributed by atoms with E-state index in [0.29, 0.717) is 0 Å². The number of hydrogen-bond donors (Lipinski definition) is 1. The number of aliphatic hydroxyl groups excluding tert-OH is 1. The van der Waals surface area contributed by atoms with Crippen molar-refractivity contribution in [1.82, 2.24) is 0 Å². The van der Waals surface area contributed by atoms with Gasteiger partial charge in [0.15, 0.2) is 0 Å². The van der Waals surface area contributed by atoms with Gasteiger partial charge in [-0.25, -0.2) is 0 Å². The predicted octanol–water partition coefficient (Wildman–Crippen LogP) is 4.66. The van der Waals surface area contributed by atoms with Crippen LogP contribution in [0.5, 0.6) is 0 Å². The van der Waals surface area contributed by atoms with Gasteiger partial charge < -0.3 is 5.11 Å². The van der Waals surface area contributed by atoms with E-state index in [1.54, 1.807) is 0 Å². The largest absolute Gasteiger partial charge is 0.383 e. The molecular weight excluding hydrogens is 264 g/mol. The molecule has 0 aliphatic heterocycles. The number of aryl methyl sites for hydroxylation is 3. The number of hydrogen-bond acceptors (Lipinski definition) is 2. The predicted molar refractivity (Wildman–Crippen MR) is 85.5 cm³/mol. The third-order valence-electron chi connectivity index (χ3n) is 4.09. The van der Waals surface area contributed by atoms with Crippen molar-refractivity contribution < 1.29 is 5.11 Å². The maximum absolute atomic E-state index is 10.6. The summed E-state index contributed by atoms with van der Waals surface area (Å²) >= 11 is 1.81. The molecule has 1 aromatic heterocycles. The van der Waals surface area contributed by atoms with Crippen LogP contribution in [0.2, 0.25) is 0 Å². The summed E-state index contributed by atoms with van der Waals surface area (Å²) in [6.45, 7) is 2.19. The van der Waals surface area contributed by atoms with Crippen molar-refractivity contribution in [2.24, 2.45) is 0 Å². The molecule has 1 aromatic carbocycles. The second kappa shape index (κ2) is 6.11. The molecule has 2 aromatic rings. The lowest BCUT2D eigenvalue weighted by atomic mass is 9.98. The summed E-state index contributed by atoms with van der Waals surface area (Å²) < 4.78 is 0. The van der Waals surface area contributed by atoms with Crippen molar-refractivity contribution in [2.45, 2.75) is 51.6 Å². The molecule has 1 heterocycles. The zero-order valence-electron chi connectivity index (χ0n) is 12.1. The van der Waals surface area contributed by atoms with Crippen molar-refractivity contribution in [3.05, 3.63) is 56.8 Å². The first kappa shape index (κ1) is 13.8. The van der Waals surface area contributed by atoms with Crippen LogP contribution in [0.25, 0.3) is 0 Å². The molecule has 1 aliphatic rings. The third-order valence-corrected chi connectivity index (χ3v) is 5.38. The van der Waals surface area contributed by atoms with Crippen LogP contribution in [0.15, 0.2) is 30.3 Å². The van der Waals surface area contributed by atoms with Crippen LogP contribution in [0.4, 0.5) is 0 Å². The lowest BCUT2D eigenvalue weighted by Gasteiger charge is -2.10. The number of rotatable bonds is 4. The maximum Gasteiger partial charge on any atom is 0.113 e. The number of aliphatic hydroxyl groups is 1. The Morgan fingerprint density at radius 1 is 1.20 bits per heavy atom. The van der Waals surface area contributed by atoms with Crippen molar-refractivity contribution >= 4 is 11.3 Å². The highest BCUT2D eigenvalue weighted by molar-refractivity contribution is 7.12. The Bertz CT molecular complexity index is 561. The molecule has 0 saturated heterocycles. The average Bonchev–Trinajstić information content (AvgIpc) is 2.91. The summed E-state index contributed by atoms with van der Waals surface area (Å²) in [6.07, 6.45) is 6.76. The van der Waals surface area contributed by atoms with E-state index >= 15 is 0 Å². The van der Waals surface area contributed by atoms with E-state index in [4.69, 9.17) is 0 Å². The molecule has 0 bridgehead atoms. The quantitative estimate of drug-likeness (QED) is 0.866. The van der Waals surface area contributed by atoms with Crippen molar-refractivity contribution in [3.8, 4) is 0 Å². The van der Waals surface area contributed by atoms with E-state index in [0.717, 1.165) is 23.3 Å². The molecule has 1 atom stereocenters. The summed E-state index contributed by atoms with van der Waals surface area (Å²) in [4.78, 5) is 2.61. The van der Waals surface area contributed by atoms with E-state index in [2.05, 4.69) is 31.2 Å². The van der Waals surface area contributed by atoms with Crippen molar-refractivity contribution in [3.63, 3.8) is 0 Å². The van der Waals surface area contributed by atoms with Gasteiger partial charge in [0.1, 0.15) is 6.10 Å². The lowest BCUT2D eigenvalue weighted by molar-refractivity contribution is 0.224. The molecule has 106 valence electrons. The molecule has 1 nitrogen and oxygen atoms in total. The van der Waals surface area contributed by atoms with Crippen molar-refractivity contribution in [2.75, 3.05) is 0 Å². The van der Waals surface area contributed by atoms with Gasteiger partial charge in [-0.2, -0.15) is 0 Å². The molecule has 0 radical (unpaired) electrons. The Balaban J connectivity index is 1.86. The maximum atomic E-state index is 10.6. The SMILES string of the molecule is CCCc1cccc(C(O)c2cc3c(s2)CCCC3)c1. The molecule has 0 amide bonds. The Labute approximate surface area is 125 Å². The molecule has 1 aliphatic carbocycles. The number of thiophene rings is 1. The van der Waals surface area contributed by atoms with Crippen LogP contribution in [0.1, 0.15) is 58.7 Å². The topological polar surface area (TPSA) is 20.2 Å². The molecule has 0 saturated carbocycles. The van der Waals surface area contributed by atoms with Gasteiger partial charge >= 0.3 is 0 Å². The third kappa shape index (κ3) is 2.82. The summed E-state index contributed by atoms with van der Waals surface area (Å²) in [5, 5.41) is 10.6. The first-order valence-corrected chi connectivity index (χ1v) is 8.48. The van der Waals surface area contributed by atoms with Crippen LogP contribution >= 0.6 is 11.3 Å². The van der Waals surface area contributed by atoms with Gasteiger partial charge in [-0.15, -0.1) is 11.3 Å². The molecule has 0 fully saturated rings. The van der Waals surface area contributed by atoms with Crippen LogP contribution in [-0.2, 0) is 19.3 Å². The number of fused-ring (bicyclic) bond motifs is 1. The van der Waals surface area contributed by atoms with Crippen LogP contribution in [-0.4, -0.2) is 5.11 Å². The summed E-state index contributed by atoms with van der Waals surface area (Å²) in [5.74, 6) is 0. The zero-order valence-corrected chi connectivity index (χ0v) is 12.9. The molecule has 3 rings (SSSR count). The monoisotopic (exact) mass is 286 g/mol. The highest BCUT2D eigenvalue weighted by Crippen LogP contribution is 2.35. The van der Waals surface area contributed by atoms with Crippen molar-refractivity contribution in [1.29, 1.82) is 0 Å². The van der Waals surface area contributed by atoms with Gasteiger partial charge in [-0.1, -0.05) is 37.6 Å². The minimum atomic E-state index is -0.456. The van der Waals surface area contributed by atoms with Gasteiger partial charge in [0, 0.05) is 9.75 Å². The molecule has 1 unspecified atom stereocenters. The van der Waals surface area contributed by atoms with Crippen LogP contribution in [0, 0.1) is 0 Å². The van der Waals surface area contributed by atoms with Gasteiger partial charge in [-0.05, 0) is 54.9 Å². The standard InChI is InChI=1S/C18H22OS/c1-2-6-13-7-5-9-15(11-13)18(19)17-12-14-8-3-4-10-16(14)20-17/h5,7,9,11-12,18-19H,2-4,6,8,10H2,1H3. The Hall–Kier alpha value is -1.12. The smallest absolute Gasteiger partial charge is 0.113 e. The summed E-state index contributed by atoms with van der Waals surface area (Å²) in [7, 11) is 0. The Kier molecular flexibility index (Phi) is 4.23. The first-order chi connectivity index (χ1) is 9.78.